The van der Waals surface area contributed by atoms with E-state index in [1.54, 1.807) is 0 Å². The van der Waals surface area contributed by atoms with Crippen molar-refractivity contribution >= 4 is 10.4 Å². The van der Waals surface area contributed by atoms with Crippen molar-refractivity contribution < 1.29 is 17.5 Å². The van der Waals surface area contributed by atoms with Crippen molar-refractivity contribution in [1.82, 2.24) is 0 Å². The summed E-state index contributed by atoms with van der Waals surface area (Å²) in [7, 11) is -4.67. The number of nitrogens with two attached hydrogens (primary N) is 1. The molecule has 0 aromatic heterocycles. The minimum Gasteiger partial charge on any atom is -0.325 e. The molecule has 0 spiro atoms. The van der Waals surface area contributed by atoms with Crippen LogP contribution in [0.4, 0.5) is 0 Å². The summed E-state index contributed by atoms with van der Waals surface area (Å²) in [6.07, 6.45) is 18.4. The molecule has 1 unspecified atom stereocenters. The molecule has 154 valence electrons. The van der Waals surface area contributed by atoms with Crippen LogP contribution in [0.15, 0.2) is 0 Å². The van der Waals surface area contributed by atoms with E-state index in [0.29, 0.717) is 5.92 Å². The van der Waals surface area contributed by atoms with Crippen molar-refractivity contribution in [2.24, 2.45) is 11.7 Å². The first kappa shape index (κ1) is 27.1. The van der Waals surface area contributed by atoms with E-state index in [1.807, 2.05) is 0 Å². The van der Waals surface area contributed by atoms with Gasteiger partial charge < -0.3 is 5.73 Å². The van der Waals surface area contributed by atoms with Crippen LogP contribution in [0, 0.1) is 5.92 Å². The second-order valence-electron chi connectivity index (χ2n) is 7.85. The predicted molar refractivity (Wildman–Crippen MR) is 107 cm³/mol. The quantitative estimate of drug-likeness (QED) is 0.261. The van der Waals surface area contributed by atoms with Gasteiger partial charge in [-0.1, -0.05) is 90.9 Å². The van der Waals surface area contributed by atoms with E-state index >= 15 is 0 Å². The molecule has 0 fully saturated rings. The third-order valence-corrected chi connectivity index (χ3v) is 4.76. The lowest BCUT2D eigenvalue weighted by molar-refractivity contribution is 0.316. The van der Waals surface area contributed by atoms with Crippen LogP contribution in [-0.4, -0.2) is 23.1 Å². The summed E-state index contributed by atoms with van der Waals surface area (Å²) in [5.41, 5.74) is 6.12. The molecule has 0 aliphatic rings. The molecule has 6 heteroatoms. The summed E-state index contributed by atoms with van der Waals surface area (Å²) in [4.78, 5) is 0. The van der Waals surface area contributed by atoms with Crippen molar-refractivity contribution in [2.75, 3.05) is 0 Å². The number of rotatable bonds is 14. The fraction of sp³-hybridized carbons (Fsp3) is 1.00. The first-order chi connectivity index (χ1) is 11.5. The van der Waals surface area contributed by atoms with E-state index in [4.69, 9.17) is 23.3 Å². The summed E-state index contributed by atoms with van der Waals surface area (Å²) in [5.74, 6) is 0.644. The maximum Gasteiger partial charge on any atom is 0.394 e. The highest BCUT2D eigenvalue weighted by Gasteiger charge is 2.19. The Morgan fingerprint density at radius 3 is 1.36 bits per heavy atom. The summed E-state index contributed by atoms with van der Waals surface area (Å²) < 4.78 is 31.6. The van der Waals surface area contributed by atoms with Crippen LogP contribution in [0.2, 0.25) is 0 Å². The second kappa shape index (κ2) is 16.0. The maximum atomic E-state index is 8.74. The topological polar surface area (TPSA) is 101 Å². The number of hydrogen-bond donors (Lipinski definition) is 3. The Morgan fingerprint density at radius 1 is 0.800 bits per heavy atom. The Balaban J connectivity index is 0. The van der Waals surface area contributed by atoms with Gasteiger partial charge in [0.25, 0.3) is 0 Å². The molecule has 0 aliphatic carbocycles. The van der Waals surface area contributed by atoms with Gasteiger partial charge in [0.1, 0.15) is 0 Å². The predicted octanol–water partition coefficient (Wildman–Crippen LogP) is 5.80. The standard InChI is InChI=1S/C19H41N.H2O4S/c1-5-6-7-8-9-10-11-12-13-14-15-16-17-18(2)19(3,4)20;1-5(2,3)4/h18H,5-17,20H2,1-4H3;(H2,1,2,3,4). The smallest absolute Gasteiger partial charge is 0.325 e. The first-order valence-corrected chi connectivity index (χ1v) is 11.4. The molecule has 0 rings (SSSR count). The zero-order chi connectivity index (χ0) is 19.8. The zero-order valence-corrected chi connectivity index (χ0v) is 17.8. The highest BCUT2D eigenvalue weighted by atomic mass is 32.3. The van der Waals surface area contributed by atoms with Crippen molar-refractivity contribution in [3.05, 3.63) is 0 Å². The fourth-order valence-electron chi connectivity index (χ4n) is 2.66. The molecule has 25 heavy (non-hydrogen) atoms. The molecule has 5 nitrogen and oxygen atoms in total. The third-order valence-electron chi connectivity index (χ3n) is 4.76. The molecule has 0 saturated carbocycles. The Morgan fingerprint density at radius 2 is 1.08 bits per heavy atom. The fourth-order valence-corrected chi connectivity index (χ4v) is 2.66. The van der Waals surface area contributed by atoms with Crippen LogP contribution in [0.25, 0.3) is 0 Å². The van der Waals surface area contributed by atoms with Gasteiger partial charge in [-0.15, -0.1) is 0 Å². The van der Waals surface area contributed by atoms with Crippen LogP contribution in [0.3, 0.4) is 0 Å². The largest absolute Gasteiger partial charge is 0.394 e. The lowest BCUT2D eigenvalue weighted by Gasteiger charge is -2.27. The summed E-state index contributed by atoms with van der Waals surface area (Å²) in [5, 5.41) is 0. The van der Waals surface area contributed by atoms with E-state index in [2.05, 4.69) is 27.7 Å². The molecule has 0 aromatic rings. The number of unbranched alkanes of at least 4 members (excludes halogenated alkanes) is 11. The van der Waals surface area contributed by atoms with Crippen molar-refractivity contribution in [1.29, 1.82) is 0 Å². The van der Waals surface area contributed by atoms with Crippen molar-refractivity contribution in [3.8, 4) is 0 Å². The van der Waals surface area contributed by atoms with Gasteiger partial charge in [-0.05, 0) is 26.2 Å². The van der Waals surface area contributed by atoms with E-state index in [0.717, 1.165) is 0 Å². The molecule has 0 heterocycles. The lowest BCUT2D eigenvalue weighted by Crippen LogP contribution is -2.39. The monoisotopic (exact) mass is 381 g/mol. The van der Waals surface area contributed by atoms with Crippen molar-refractivity contribution in [3.63, 3.8) is 0 Å². The van der Waals surface area contributed by atoms with Crippen LogP contribution in [0.1, 0.15) is 111 Å². The van der Waals surface area contributed by atoms with Crippen molar-refractivity contribution in [2.45, 2.75) is 117 Å². The van der Waals surface area contributed by atoms with Crippen LogP contribution >= 0.6 is 0 Å². The molecule has 0 radical (unpaired) electrons. The van der Waals surface area contributed by atoms with Gasteiger partial charge in [0, 0.05) is 5.54 Å². The second-order valence-corrected chi connectivity index (χ2v) is 8.74. The summed E-state index contributed by atoms with van der Waals surface area (Å²) >= 11 is 0. The van der Waals surface area contributed by atoms with Gasteiger partial charge >= 0.3 is 10.4 Å². The third kappa shape index (κ3) is 28.9. The van der Waals surface area contributed by atoms with Gasteiger partial charge in [-0.3, -0.25) is 9.11 Å². The van der Waals surface area contributed by atoms with Gasteiger partial charge in [-0.2, -0.15) is 8.42 Å². The van der Waals surface area contributed by atoms with Crippen LogP contribution in [-0.2, 0) is 10.4 Å². The molecule has 0 aliphatic heterocycles. The Hall–Kier alpha value is -0.170. The average molecular weight is 382 g/mol. The lowest BCUT2D eigenvalue weighted by atomic mass is 9.86. The van der Waals surface area contributed by atoms with E-state index in [1.165, 1.54) is 83.5 Å². The van der Waals surface area contributed by atoms with E-state index < -0.39 is 10.4 Å². The van der Waals surface area contributed by atoms with Gasteiger partial charge in [0.15, 0.2) is 0 Å². The van der Waals surface area contributed by atoms with Crippen LogP contribution < -0.4 is 5.73 Å². The summed E-state index contributed by atoms with van der Waals surface area (Å²) in [6.45, 7) is 8.88. The Bertz CT molecular complexity index is 369. The average Bonchev–Trinajstić information content (AvgIpc) is 2.45. The Kier molecular flexibility index (Phi) is 17.4. The van der Waals surface area contributed by atoms with Gasteiger partial charge in [0.05, 0.1) is 0 Å². The minimum atomic E-state index is -4.67. The highest BCUT2D eigenvalue weighted by Crippen LogP contribution is 2.20. The molecule has 0 amide bonds. The summed E-state index contributed by atoms with van der Waals surface area (Å²) in [6, 6.07) is 0. The minimum absolute atomic E-state index is 0.00221. The first-order valence-electron chi connectivity index (χ1n) is 9.97. The molecule has 1 atom stereocenters. The molecule has 0 bridgehead atoms. The molecular weight excluding hydrogens is 338 g/mol. The van der Waals surface area contributed by atoms with Crippen LogP contribution in [0.5, 0.6) is 0 Å². The van der Waals surface area contributed by atoms with Gasteiger partial charge in [0.2, 0.25) is 0 Å². The molecule has 0 aromatic carbocycles. The normalized spacial score (nSPS) is 13.2. The van der Waals surface area contributed by atoms with Gasteiger partial charge in [-0.25, -0.2) is 0 Å². The van der Waals surface area contributed by atoms with E-state index in [9.17, 15) is 0 Å². The maximum absolute atomic E-state index is 8.74. The highest BCUT2D eigenvalue weighted by molar-refractivity contribution is 7.79. The number of hydrogen-bond acceptors (Lipinski definition) is 3. The Labute approximate surface area is 156 Å². The van der Waals surface area contributed by atoms with E-state index in [-0.39, 0.29) is 5.54 Å². The molecule has 4 N–H and O–H groups in total. The zero-order valence-electron chi connectivity index (χ0n) is 17.0. The SMILES string of the molecule is CCCCCCCCCCCCCCC(C)C(C)(C)N.O=S(=O)(O)O. The molecular formula is C19H43NO4S. The molecule has 0 saturated heterocycles.